The average molecular weight is 320 g/mol. The topological polar surface area (TPSA) is 72.8 Å². The Morgan fingerprint density at radius 1 is 1.22 bits per heavy atom. The summed E-state index contributed by atoms with van der Waals surface area (Å²) in [7, 11) is 1.11. The van der Waals surface area contributed by atoms with Gasteiger partial charge >= 0.3 is 5.97 Å². The number of aliphatic hydroxyl groups excluding tert-OH is 1. The second-order valence-electron chi connectivity index (χ2n) is 6.51. The third kappa shape index (κ3) is 5.13. The van der Waals surface area contributed by atoms with E-state index < -0.39 is 11.8 Å². The Labute approximate surface area is 136 Å². The van der Waals surface area contributed by atoms with Crippen molar-refractivity contribution in [2.45, 2.75) is 46.1 Å². The lowest BCUT2D eigenvalue weighted by Crippen LogP contribution is -2.15. The summed E-state index contributed by atoms with van der Waals surface area (Å²) in [5.41, 5.74) is 1.19. The van der Waals surface area contributed by atoms with Crippen LogP contribution in [-0.2, 0) is 19.7 Å². The van der Waals surface area contributed by atoms with Crippen LogP contribution in [0, 0.1) is 0 Å². The summed E-state index contributed by atoms with van der Waals surface area (Å²) in [6.45, 7) is 9.84. The quantitative estimate of drug-likeness (QED) is 0.389. The first-order valence-electron chi connectivity index (χ1n) is 7.40. The highest BCUT2D eigenvalue weighted by molar-refractivity contribution is 6.39. The molecule has 0 spiro atoms. The van der Waals surface area contributed by atoms with E-state index in [-0.39, 0.29) is 17.3 Å². The summed E-state index contributed by atoms with van der Waals surface area (Å²) in [6.07, 6.45) is 0.749. The van der Waals surface area contributed by atoms with Gasteiger partial charge in [-0.15, -0.1) is 0 Å². The van der Waals surface area contributed by atoms with Gasteiger partial charge in [0.2, 0.25) is 0 Å². The average Bonchev–Trinajstić information content (AvgIpc) is 2.44. The molecule has 0 radical (unpaired) electrons. The molecule has 1 N–H and O–H groups in total. The van der Waals surface area contributed by atoms with Crippen molar-refractivity contribution in [3.63, 3.8) is 0 Å². The van der Waals surface area contributed by atoms with E-state index in [9.17, 15) is 14.7 Å². The number of hydrogen-bond acceptors (Lipinski definition) is 5. The molecule has 0 fully saturated rings. The maximum absolute atomic E-state index is 11.6. The van der Waals surface area contributed by atoms with Gasteiger partial charge in [-0.2, -0.15) is 0 Å². The van der Waals surface area contributed by atoms with Crippen molar-refractivity contribution in [1.82, 2.24) is 0 Å². The molecule has 0 unspecified atom stereocenters. The predicted octanol–water partition coefficient (Wildman–Crippen LogP) is 3.41. The summed E-state index contributed by atoms with van der Waals surface area (Å²) in [4.78, 5) is 22.8. The fourth-order valence-electron chi connectivity index (χ4n) is 1.91. The smallest absolute Gasteiger partial charge is 0.378 e. The highest BCUT2D eigenvalue weighted by Crippen LogP contribution is 2.32. The summed E-state index contributed by atoms with van der Waals surface area (Å²) in [5.74, 6) is -1.85. The molecule has 1 aromatic carbocycles. The van der Waals surface area contributed by atoms with Gasteiger partial charge in [0.05, 0.1) is 18.8 Å². The summed E-state index contributed by atoms with van der Waals surface area (Å²) in [5, 5.41) is 10.3. The van der Waals surface area contributed by atoms with Gasteiger partial charge in [-0.3, -0.25) is 4.79 Å². The minimum absolute atomic E-state index is 0.0988. The number of hydrogen-bond donors (Lipinski definition) is 1. The molecule has 5 heteroatoms. The van der Waals surface area contributed by atoms with Crippen LogP contribution in [0.4, 0.5) is 0 Å². The molecule has 0 amide bonds. The number of carbonyl (C=O) groups excluding carboxylic acids is 2. The maximum Gasteiger partial charge on any atom is 0.378 e. The van der Waals surface area contributed by atoms with E-state index in [1.165, 1.54) is 0 Å². The molecular formula is C18H24O5. The lowest BCUT2D eigenvalue weighted by atomic mass is 9.86. The van der Waals surface area contributed by atoms with Crippen LogP contribution in [0.5, 0.6) is 5.75 Å². The zero-order chi connectivity index (χ0) is 17.8. The van der Waals surface area contributed by atoms with Crippen molar-refractivity contribution >= 4 is 17.5 Å². The molecule has 0 atom stereocenters. The Bertz CT molecular complexity index is 621. The van der Waals surface area contributed by atoms with Crippen LogP contribution < -0.4 is 4.74 Å². The Kier molecular flexibility index (Phi) is 5.96. The number of methoxy groups -OCH3 is 1. The molecule has 5 nitrogen and oxygen atoms in total. The van der Waals surface area contributed by atoms with Gasteiger partial charge in [0.1, 0.15) is 11.5 Å². The molecule has 0 aromatic heterocycles. The first-order chi connectivity index (χ1) is 10.6. The molecule has 0 saturated carbocycles. The van der Waals surface area contributed by atoms with E-state index in [1.807, 2.05) is 40.7 Å². The fraction of sp³-hybridized carbons (Fsp3) is 0.444. The van der Waals surface area contributed by atoms with Crippen LogP contribution in [0.3, 0.4) is 0 Å². The molecule has 1 aromatic rings. The van der Waals surface area contributed by atoms with Gasteiger partial charge in [-0.25, -0.2) is 4.79 Å². The van der Waals surface area contributed by atoms with E-state index in [0.29, 0.717) is 11.3 Å². The number of benzene rings is 1. The number of aliphatic hydroxyl groups is 1. The Balaban J connectivity index is 3.36. The molecule has 0 aliphatic heterocycles. The zero-order valence-corrected chi connectivity index (χ0v) is 14.5. The number of rotatable bonds is 5. The molecule has 1 rings (SSSR count). The molecule has 0 bridgehead atoms. The third-order valence-electron chi connectivity index (χ3n) is 3.14. The minimum Gasteiger partial charge on any atom is -0.507 e. The van der Waals surface area contributed by atoms with Crippen LogP contribution in [0.25, 0.3) is 5.76 Å². The van der Waals surface area contributed by atoms with Gasteiger partial charge < -0.3 is 14.6 Å². The van der Waals surface area contributed by atoms with Crippen molar-refractivity contribution in [3.8, 4) is 5.75 Å². The predicted molar refractivity (Wildman–Crippen MR) is 88.5 cm³/mol. The lowest BCUT2D eigenvalue weighted by Gasteiger charge is -2.22. The third-order valence-corrected chi connectivity index (χ3v) is 3.14. The highest BCUT2D eigenvalue weighted by atomic mass is 16.5. The van der Waals surface area contributed by atoms with Gasteiger partial charge in [0.15, 0.2) is 0 Å². The Morgan fingerprint density at radius 2 is 1.83 bits per heavy atom. The van der Waals surface area contributed by atoms with E-state index in [0.717, 1.165) is 18.7 Å². The minimum atomic E-state index is -1.03. The van der Waals surface area contributed by atoms with Crippen LogP contribution in [0.1, 0.15) is 45.7 Å². The Morgan fingerprint density at radius 3 is 2.30 bits per heavy atom. The van der Waals surface area contributed by atoms with Crippen LogP contribution in [0.15, 0.2) is 24.3 Å². The molecular weight excluding hydrogens is 296 g/mol. The van der Waals surface area contributed by atoms with Gasteiger partial charge in [-0.05, 0) is 37.0 Å². The lowest BCUT2D eigenvalue weighted by molar-refractivity contribution is -0.149. The first kappa shape index (κ1) is 18.7. The molecule has 0 heterocycles. The molecule has 0 aliphatic rings. The SMILES string of the molecule is COC(=O)C(=O)/C=C(/O)c1cc(C(C)(C)C)ccc1OC(C)C. The van der Waals surface area contributed by atoms with Gasteiger partial charge in [0.25, 0.3) is 5.78 Å². The first-order valence-corrected chi connectivity index (χ1v) is 7.40. The normalized spacial score (nSPS) is 12.2. The van der Waals surface area contributed by atoms with Crippen LogP contribution >= 0.6 is 0 Å². The van der Waals surface area contributed by atoms with Crippen molar-refractivity contribution in [3.05, 3.63) is 35.4 Å². The molecule has 0 aliphatic carbocycles. The van der Waals surface area contributed by atoms with Crippen LogP contribution in [-0.4, -0.2) is 30.1 Å². The van der Waals surface area contributed by atoms with Gasteiger partial charge in [-0.1, -0.05) is 26.8 Å². The van der Waals surface area contributed by atoms with E-state index in [4.69, 9.17) is 4.74 Å². The van der Waals surface area contributed by atoms with Crippen LogP contribution in [0.2, 0.25) is 0 Å². The Hall–Kier alpha value is -2.30. The summed E-state index contributed by atoms with van der Waals surface area (Å²) in [6, 6.07) is 5.42. The van der Waals surface area contributed by atoms with E-state index >= 15 is 0 Å². The molecule has 0 saturated heterocycles. The van der Waals surface area contributed by atoms with Gasteiger partial charge in [0, 0.05) is 6.08 Å². The standard InChI is InChI=1S/C18H24O5/c1-11(2)23-16-8-7-12(18(3,4)5)9-13(16)14(19)10-15(20)17(21)22-6/h7-11,19H,1-6H3/b14-10+. The molecule has 126 valence electrons. The van der Waals surface area contributed by atoms with E-state index in [1.54, 1.807) is 12.1 Å². The van der Waals surface area contributed by atoms with Crippen molar-refractivity contribution in [1.29, 1.82) is 0 Å². The number of esters is 1. The number of ether oxygens (including phenoxy) is 2. The summed E-state index contributed by atoms with van der Waals surface area (Å²) < 4.78 is 10.0. The molecule has 23 heavy (non-hydrogen) atoms. The monoisotopic (exact) mass is 320 g/mol. The summed E-state index contributed by atoms with van der Waals surface area (Å²) >= 11 is 0. The van der Waals surface area contributed by atoms with Crippen molar-refractivity contribution in [2.75, 3.05) is 7.11 Å². The van der Waals surface area contributed by atoms with Crippen molar-refractivity contribution < 1.29 is 24.2 Å². The maximum atomic E-state index is 11.6. The second kappa shape index (κ2) is 7.31. The number of ketones is 1. The second-order valence-corrected chi connectivity index (χ2v) is 6.51. The fourth-order valence-corrected chi connectivity index (χ4v) is 1.91. The van der Waals surface area contributed by atoms with Crippen molar-refractivity contribution in [2.24, 2.45) is 0 Å². The van der Waals surface area contributed by atoms with E-state index in [2.05, 4.69) is 4.74 Å². The number of carbonyl (C=O) groups is 2. The zero-order valence-electron chi connectivity index (χ0n) is 14.5. The highest BCUT2D eigenvalue weighted by Gasteiger charge is 2.20. The largest absolute Gasteiger partial charge is 0.507 e.